The minimum Gasteiger partial charge on any atom is -0.390 e. The molecule has 0 saturated carbocycles. The monoisotopic (exact) mass is 356 g/mol. The summed E-state index contributed by atoms with van der Waals surface area (Å²) in [5, 5.41) is 19.8. The first-order valence-corrected chi connectivity index (χ1v) is 8.66. The van der Waals surface area contributed by atoms with Gasteiger partial charge in [0.15, 0.2) is 0 Å². The average molecular weight is 356 g/mol. The maximum Gasteiger partial charge on any atom is 0.126 e. The van der Waals surface area contributed by atoms with Crippen molar-refractivity contribution in [1.82, 2.24) is 4.90 Å². The van der Waals surface area contributed by atoms with E-state index in [1.54, 1.807) is 19.9 Å². The summed E-state index contributed by atoms with van der Waals surface area (Å²) in [6.07, 6.45) is 0. The molecule has 136 valence electrons. The second-order valence-electron chi connectivity index (χ2n) is 7.56. The molecule has 1 fully saturated rings. The standard InChI is InChI=1S/C21H22F2N2O/c1-21(2,26)20(16-7-18(22)9-19(23)8-16)17-12-25(13-17)11-15-6-4-3-5-14(15)10-24/h3-9,17,20,26H,11-13H2,1-2H3/t20-/m1/s1. The number of nitriles is 1. The number of halogens is 2. The Morgan fingerprint density at radius 2 is 1.81 bits per heavy atom. The Balaban J connectivity index is 1.75. The summed E-state index contributed by atoms with van der Waals surface area (Å²) in [4.78, 5) is 2.18. The van der Waals surface area contributed by atoms with E-state index >= 15 is 0 Å². The Kier molecular flexibility index (Phi) is 5.08. The van der Waals surface area contributed by atoms with Gasteiger partial charge in [0.1, 0.15) is 11.6 Å². The highest BCUT2D eigenvalue weighted by atomic mass is 19.1. The predicted molar refractivity (Wildman–Crippen MR) is 95.3 cm³/mol. The summed E-state index contributed by atoms with van der Waals surface area (Å²) in [6.45, 7) is 5.40. The summed E-state index contributed by atoms with van der Waals surface area (Å²) in [7, 11) is 0. The third-order valence-electron chi connectivity index (χ3n) is 4.99. The van der Waals surface area contributed by atoms with Gasteiger partial charge in [-0.2, -0.15) is 5.26 Å². The van der Waals surface area contributed by atoms with Crippen LogP contribution in [-0.4, -0.2) is 28.7 Å². The first kappa shape index (κ1) is 18.5. The minimum atomic E-state index is -1.10. The molecule has 1 aliphatic rings. The molecular formula is C21H22F2N2O. The van der Waals surface area contributed by atoms with Crippen molar-refractivity contribution in [1.29, 1.82) is 5.26 Å². The van der Waals surface area contributed by atoms with Crippen LogP contribution >= 0.6 is 0 Å². The van der Waals surface area contributed by atoms with Crippen LogP contribution in [0.1, 0.15) is 36.5 Å². The molecule has 1 saturated heterocycles. The molecule has 0 radical (unpaired) electrons. The summed E-state index contributed by atoms with van der Waals surface area (Å²) in [5.41, 5.74) is 1.01. The highest BCUT2D eigenvalue weighted by molar-refractivity contribution is 5.37. The van der Waals surface area contributed by atoms with Crippen molar-refractivity contribution in [2.45, 2.75) is 31.9 Å². The van der Waals surface area contributed by atoms with Crippen LogP contribution in [0.4, 0.5) is 8.78 Å². The molecule has 0 aliphatic carbocycles. The van der Waals surface area contributed by atoms with Crippen LogP contribution < -0.4 is 0 Å². The summed E-state index contributed by atoms with van der Waals surface area (Å²) >= 11 is 0. The fourth-order valence-corrected chi connectivity index (χ4v) is 3.97. The normalized spacial score (nSPS) is 16.8. The van der Waals surface area contributed by atoms with Crippen molar-refractivity contribution in [3.63, 3.8) is 0 Å². The van der Waals surface area contributed by atoms with E-state index in [1.807, 2.05) is 18.2 Å². The van der Waals surface area contributed by atoms with E-state index in [-0.39, 0.29) is 11.8 Å². The van der Waals surface area contributed by atoms with Gasteiger partial charge in [-0.3, -0.25) is 4.90 Å². The number of hydrogen-bond acceptors (Lipinski definition) is 3. The molecule has 5 heteroatoms. The third-order valence-corrected chi connectivity index (χ3v) is 4.99. The second-order valence-corrected chi connectivity index (χ2v) is 7.56. The molecular weight excluding hydrogens is 334 g/mol. The van der Waals surface area contributed by atoms with Crippen molar-refractivity contribution < 1.29 is 13.9 Å². The molecule has 2 aromatic carbocycles. The van der Waals surface area contributed by atoms with E-state index in [1.165, 1.54) is 12.1 Å². The van der Waals surface area contributed by atoms with E-state index in [2.05, 4.69) is 11.0 Å². The first-order valence-electron chi connectivity index (χ1n) is 8.66. The zero-order valence-electron chi connectivity index (χ0n) is 14.9. The Morgan fingerprint density at radius 3 is 2.38 bits per heavy atom. The van der Waals surface area contributed by atoms with E-state index in [4.69, 9.17) is 0 Å². The van der Waals surface area contributed by atoms with Crippen molar-refractivity contribution in [3.05, 3.63) is 70.8 Å². The van der Waals surface area contributed by atoms with E-state index in [0.29, 0.717) is 30.8 Å². The molecule has 1 N–H and O–H groups in total. The largest absolute Gasteiger partial charge is 0.390 e. The van der Waals surface area contributed by atoms with Gasteiger partial charge in [0, 0.05) is 31.6 Å². The Bertz CT molecular complexity index is 812. The van der Waals surface area contributed by atoms with Crippen LogP contribution in [-0.2, 0) is 6.54 Å². The van der Waals surface area contributed by atoms with Gasteiger partial charge in [-0.05, 0) is 49.1 Å². The smallest absolute Gasteiger partial charge is 0.126 e. The molecule has 0 amide bonds. The molecule has 0 bridgehead atoms. The second kappa shape index (κ2) is 7.14. The lowest BCUT2D eigenvalue weighted by atomic mass is 9.72. The maximum absolute atomic E-state index is 13.6. The molecule has 26 heavy (non-hydrogen) atoms. The number of likely N-dealkylation sites (tertiary alicyclic amines) is 1. The Morgan fingerprint density at radius 1 is 1.19 bits per heavy atom. The van der Waals surface area contributed by atoms with Crippen molar-refractivity contribution in [3.8, 4) is 6.07 Å². The minimum absolute atomic E-state index is 0.0884. The SMILES string of the molecule is CC(C)(O)[C@H](c1cc(F)cc(F)c1)C1CN(Cc2ccccc2C#N)C1. The number of hydrogen-bond donors (Lipinski definition) is 1. The fourth-order valence-electron chi connectivity index (χ4n) is 3.97. The maximum atomic E-state index is 13.6. The lowest BCUT2D eigenvalue weighted by Crippen LogP contribution is -2.52. The Labute approximate surface area is 152 Å². The molecule has 1 atom stereocenters. The summed E-state index contributed by atoms with van der Waals surface area (Å²) in [5.74, 6) is -1.54. The topological polar surface area (TPSA) is 47.3 Å². The highest BCUT2D eigenvalue weighted by Crippen LogP contribution is 2.40. The lowest BCUT2D eigenvalue weighted by Gasteiger charge is -2.47. The van der Waals surface area contributed by atoms with Gasteiger partial charge < -0.3 is 5.11 Å². The number of rotatable bonds is 5. The lowest BCUT2D eigenvalue weighted by molar-refractivity contribution is -0.0238. The van der Waals surface area contributed by atoms with Crippen molar-refractivity contribution in [2.75, 3.05) is 13.1 Å². The van der Waals surface area contributed by atoms with Crippen LogP contribution in [0, 0.1) is 28.9 Å². The molecule has 1 aliphatic heterocycles. The number of aliphatic hydroxyl groups is 1. The van der Waals surface area contributed by atoms with Gasteiger partial charge in [-0.25, -0.2) is 8.78 Å². The third kappa shape index (κ3) is 3.92. The molecule has 1 heterocycles. The van der Waals surface area contributed by atoms with Gasteiger partial charge in [0.25, 0.3) is 0 Å². The summed E-state index contributed by atoms with van der Waals surface area (Å²) in [6, 6.07) is 13.1. The van der Waals surface area contributed by atoms with E-state index in [0.717, 1.165) is 11.6 Å². The van der Waals surface area contributed by atoms with Gasteiger partial charge in [0.2, 0.25) is 0 Å². The van der Waals surface area contributed by atoms with Crippen LogP contribution in [0.5, 0.6) is 0 Å². The van der Waals surface area contributed by atoms with Crippen molar-refractivity contribution >= 4 is 0 Å². The Hall–Kier alpha value is -2.29. The van der Waals surface area contributed by atoms with E-state index in [9.17, 15) is 19.1 Å². The molecule has 3 nitrogen and oxygen atoms in total. The molecule has 2 aromatic rings. The predicted octanol–water partition coefficient (Wildman–Crippen LogP) is 3.82. The number of nitrogens with zero attached hydrogens (tertiary/aromatic N) is 2. The van der Waals surface area contributed by atoms with Gasteiger partial charge >= 0.3 is 0 Å². The van der Waals surface area contributed by atoms with Gasteiger partial charge in [-0.1, -0.05) is 18.2 Å². The van der Waals surface area contributed by atoms with Gasteiger partial charge in [-0.15, -0.1) is 0 Å². The molecule has 0 unspecified atom stereocenters. The van der Waals surface area contributed by atoms with Crippen molar-refractivity contribution in [2.24, 2.45) is 5.92 Å². The van der Waals surface area contributed by atoms with Crippen LogP contribution in [0.15, 0.2) is 42.5 Å². The van der Waals surface area contributed by atoms with Gasteiger partial charge in [0.05, 0.1) is 17.2 Å². The molecule has 3 rings (SSSR count). The van der Waals surface area contributed by atoms with Crippen LogP contribution in [0.3, 0.4) is 0 Å². The van der Waals surface area contributed by atoms with Crippen LogP contribution in [0.2, 0.25) is 0 Å². The van der Waals surface area contributed by atoms with Crippen LogP contribution in [0.25, 0.3) is 0 Å². The zero-order valence-corrected chi connectivity index (χ0v) is 14.9. The van der Waals surface area contributed by atoms with E-state index < -0.39 is 17.2 Å². The first-order chi connectivity index (χ1) is 12.3. The highest BCUT2D eigenvalue weighted by Gasteiger charge is 2.42. The number of benzene rings is 2. The fraction of sp³-hybridized carbons (Fsp3) is 0.381. The zero-order chi connectivity index (χ0) is 18.9. The summed E-state index contributed by atoms with van der Waals surface area (Å²) < 4.78 is 27.3. The average Bonchev–Trinajstić information content (AvgIpc) is 2.51. The molecule has 0 spiro atoms. The molecule has 0 aromatic heterocycles. The quantitative estimate of drug-likeness (QED) is 0.886.